The molecule has 0 saturated heterocycles. The molecule has 8 heteroatoms. The van der Waals surface area contributed by atoms with E-state index in [2.05, 4.69) is 20.8 Å². The number of aryl methyl sites for hydroxylation is 1. The van der Waals surface area contributed by atoms with E-state index in [-0.39, 0.29) is 5.91 Å². The number of anilines is 2. The van der Waals surface area contributed by atoms with Crippen LogP contribution in [0, 0.1) is 6.92 Å². The predicted octanol–water partition coefficient (Wildman–Crippen LogP) is 3.13. The van der Waals surface area contributed by atoms with Crippen LogP contribution in [0.1, 0.15) is 16.1 Å². The molecule has 140 valence electrons. The quantitative estimate of drug-likeness (QED) is 0.589. The first kappa shape index (κ1) is 18.2. The van der Waals surface area contributed by atoms with Crippen LogP contribution in [0.4, 0.5) is 11.6 Å². The summed E-state index contributed by atoms with van der Waals surface area (Å²) in [5, 5.41) is 9.54. The largest absolute Gasteiger partial charge is 0.497 e. The van der Waals surface area contributed by atoms with E-state index in [9.17, 15) is 4.79 Å². The number of rotatable bonds is 8. The zero-order valence-electron chi connectivity index (χ0n) is 15.1. The lowest BCUT2D eigenvalue weighted by Crippen LogP contribution is -2.15. The van der Waals surface area contributed by atoms with Crippen LogP contribution in [0.5, 0.6) is 11.5 Å². The van der Waals surface area contributed by atoms with Gasteiger partial charge in [0, 0.05) is 17.8 Å². The predicted molar refractivity (Wildman–Crippen MR) is 100 cm³/mol. The van der Waals surface area contributed by atoms with E-state index < -0.39 is 0 Å². The molecule has 3 aromatic rings. The molecule has 2 heterocycles. The number of carbonyl (C=O) groups is 1. The molecule has 0 aliphatic rings. The highest BCUT2D eigenvalue weighted by molar-refractivity contribution is 6.04. The van der Waals surface area contributed by atoms with Crippen molar-refractivity contribution in [2.75, 3.05) is 30.9 Å². The molecule has 1 aromatic carbocycles. The Labute approximate surface area is 156 Å². The summed E-state index contributed by atoms with van der Waals surface area (Å²) in [4.78, 5) is 16.5. The van der Waals surface area contributed by atoms with E-state index in [4.69, 9.17) is 14.0 Å². The van der Waals surface area contributed by atoms with E-state index in [0.717, 1.165) is 11.5 Å². The Morgan fingerprint density at radius 2 is 1.89 bits per heavy atom. The van der Waals surface area contributed by atoms with Crippen molar-refractivity contribution in [3.63, 3.8) is 0 Å². The van der Waals surface area contributed by atoms with Crippen LogP contribution in [-0.2, 0) is 0 Å². The average molecular weight is 368 g/mol. The number of hydrogen-bond acceptors (Lipinski definition) is 7. The molecular formula is C19H20N4O4. The number of aromatic nitrogens is 2. The van der Waals surface area contributed by atoms with Gasteiger partial charge in [0.1, 0.15) is 29.7 Å². The highest BCUT2D eigenvalue weighted by atomic mass is 16.5. The van der Waals surface area contributed by atoms with Gasteiger partial charge >= 0.3 is 0 Å². The standard InChI is InChI=1S/C19H20N4O4/c1-13-11-18(23-27-13)22-19(24)14-7-8-20-17(12-14)21-9-10-26-16-5-3-15(25-2)4-6-16/h3-8,11-12H,9-10H2,1-2H3,(H,20,21)(H,22,23,24). The van der Waals surface area contributed by atoms with Gasteiger partial charge in [0.2, 0.25) is 0 Å². The summed E-state index contributed by atoms with van der Waals surface area (Å²) >= 11 is 0. The molecule has 2 N–H and O–H groups in total. The number of pyridine rings is 1. The molecule has 3 rings (SSSR count). The lowest BCUT2D eigenvalue weighted by atomic mass is 10.2. The van der Waals surface area contributed by atoms with Crippen molar-refractivity contribution in [2.24, 2.45) is 0 Å². The van der Waals surface area contributed by atoms with E-state index >= 15 is 0 Å². The fraction of sp³-hybridized carbons (Fsp3) is 0.211. The number of benzene rings is 1. The van der Waals surface area contributed by atoms with Crippen molar-refractivity contribution in [3.8, 4) is 11.5 Å². The summed E-state index contributed by atoms with van der Waals surface area (Å²) in [6.45, 7) is 2.74. The van der Waals surface area contributed by atoms with E-state index in [1.807, 2.05) is 24.3 Å². The van der Waals surface area contributed by atoms with Crippen molar-refractivity contribution >= 4 is 17.5 Å². The van der Waals surface area contributed by atoms with Crippen molar-refractivity contribution in [2.45, 2.75) is 6.92 Å². The van der Waals surface area contributed by atoms with Crippen LogP contribution in [0.15, 0.2) is 53.2 Å². The fourth-order valence-corrected chi connectivity index (χ4v) is 2.30. The average Bonchev–Trinajstić information content (AvgIpc) is 3.10. The molecule has 0 radical (unpaired) electrons. The van der Waals surface area contributed by atoms with Gasteiger partial charge in [-0.1, -0.05) is 5.16 Å². The Kier molecular flexibility index (Phi) is 5.88. The van der Waals surface area contributed by atoms with Crippen LogP contribution in [0.25, 0.3) is 0 Å². The molecule has 2 aromatic heterocycles. The Hall–Kier alpha value is -3.55. The normalized spacial score (nSPS) is 10.3. The third-order valence-electron chi connectivity index (χ3n) is 3.63. The second-order valence-corrected chi connectivity index (χ2v) is 5.66. The molecule has 0 spiro atoms. The maximum absolute atomic E-state index is 12.3. The van der Waals surface area contributed by atoms with Crippen molar-refractivity contribution in [1.29, 1.82) is 0 Å². The zero-order chi connectivity index (χ0) is 19.1. The van der Waals surface area contributed by atoms with Gasteiger partial charge in [-0.15, -0.1) is 0 Å². The molecule has 0 atom stereocenters. The molecule has 1 amide bonds. The minimum atomic E-state index is -0.289. The van der Waals surface area contributed by atoms with Gasteiger partial charge in [-0.3, -0.25) is 4.79 Å². The number of hydrogen-bond donors (Lipinski definition) is 2. The number of amides is 1. The van der Waals surface area contributed by atoms with Gasteiger partial charge in [0.15, 0.2) is 5.82 Å². The second-order valence-electron chi connectivity index (χ2n) is 5.66. The number of methoxy groups -OCH3 is 1. The Balaban J connectivity index is 1.49. The van der Waals surface area contributed by atoms with E-state index in [1.165, 1.54) is 0 Å². The minimum absolute atomic E-state index is 0.289. The van der Waals surface area contributed by atoms with Crippen LogP contribution in [0.3, 0.4) is 0 Å². The molecule has 0 fully saturated rings. The van der Waals surface area contributed by atoms with Gasteiger partial charge in [-0.05, 0) is 43.3 Å². The summed E-state index contributed by atoms with van der Waals surface area (Å²) in [7, 11) is 1.62. The minimum Gasteiger partial charge on any atom is -0.497 e. The topological polar surface area (TPSA) is 98.5 Å². The first-order valence-electron chi connectivity index (χ1n) is 8.35. The summed E-state index contributed by atoms with van der Waals surface area (Å²) in [6, 6.07) is 12.3. The molecule has 8 nitrogen and oxygen atoms in total. The lowest BCUT2D eigenvalue weighted by molar-refractivity contribution is 0.102. The SMILES string of the molecule is COc1ccc(OCCNc2cc(C(=O)Nc3cc(C)on3)ccn2)cc1. The summed E-state index contributed by atoms with van der Waals surface area (Å²) < 4.78 is 15.7. The monoisotopic (exact) mass is 368 g/mol. The highest BCUT2D eigenvalue weighted by Gasteiger charge is 2.10. The molecule has 0 aliphatic carbocycles. The smallest absolute Gasteiger partial charge is 0.257 e. The first-order chi connectivity index (χ1) is 13.1. The summed E-state index contributed by atoms with van der Waals surface area (Å²) in [6.07, 6.45) is 1.57. The Morgan fingerprint density at radius 3 is 2.59 bits per heavy atom. The number of ether oxygens (including phenoxy) is 2. The van der Waals surface area contributed by atoms with Crippen LogP contribution in [0.2, 0.25) is 0 Å². The number of nitrogens with zero attached hydrogens (tertiary/aromatic N) is 2. The fourth-order valence-electron chi connectivity index (χ4n) is 2.30. The molecule has 0 unspecified atom stereocenters. The Bertz CT molecular complexity index is 893. The van der Waals surface area contributed by atoms with Crippen molar-refractivity contribution < 1.29 is 18.8 Å². The van der Waals surface area contributed by atoms with Gasteiger partial charge in [0.25, 0.3) is 5.91 Å². The maximum Gasteiger partial charge on any atom is 0.257 e. The zero-order valence-corrected chi connectivity index (χ0v) is 15.1. The second kappa shape index (κ2) is 8.70. The Morgan fingerprint density at radius 1 is 1.11 bits per heavy atom. The first-order valence-corrected chi connectivity index (χ1v) is 8.35. The highest BCUT2D eigenvalue weighted by Crippen LogP contribution is 2.17. The maximum atomic E-state index is 12.3. The summed E-state index contributed by atoms with van der Waals surface area (Å²) in [5.74, 6) is 2.82. The third kappa shape index (κ3) is 5.21. The van der Waals surface area contributed by atoms with Crippen LogP contribution in [-0.4, -0.2) is 36.3 Å². The molecular weight excluding hydrogens is 348 g/mol. The molecule has 27 heavy (non-hydrogen) atoms. The van der Waals surface area contributed by atoms with Gasteiger partial charge < -0.3 is 24.6 Å². The number of nitrogens with one attached hydrogen (secondary N) is 2. The lowest BCUT2D eigenvalue weighted by Gasteiger charge is -2.09. The van der Waals surface area contributed by atoms with Crippen LogP contribution < -0.4 is 20.1 Å². The molecule has 0 saturated carbocycles. The van der Waals surface area contributed by atoms with E-state index in [0.29, 0.717) is 36.1 Å². The summed E-state index contributed by atoms with van der Waals surface area (Å²) in [5.41, 5.74) is 0.462. The van der Waals surface area contributed by atoms with Crippen LogP contribution >= 0.6 is 0 Å². The molecule has 0 bridgehead atoms. The van der Waals surface area contributed by atoms with Gasteiger partial charge in [0.05, 0.1) is 13.7 Å². The van der Waals surface area contributed by atoms with Gasteiger partial charge in [-0.2, -0.15) is 0 Å². The van der Waals surface area contributed by atoms with E-state index in [1.54, 1.807) is 38.4 Å². The van der Waals surface area contributed by atoms with Crippen molar-refractivity contribution in [1.82, 2.24) is 10.1 Å². The molecule has 0 aliphatic heterocycles. The van der Waals surface area contributed by atoms with Gasteiger partial charge in [-0.25, -0.2) is 4.98 Å². The third-order valence-corrected chi connectivity index (χ3v) is 3.63. The number of carbonyl (C=O) groups excluding carboxylic acids is 1. The van der Waals surface area contributed by atoms with Crippen molar-refractivity contribution in [3.05, 3.63) is 60.0 Å².